The third-order valence-electron chi connectivity index (χ3n) is 4.37. The van der Waals surface area contributed by atoms with Crippen LogP contribution in [0.3, 0.4) is 0 Å². The first-order valence-corrected chi connectivity index (χ1v) is 9.99. The van der Waals surface area contributed by atoms with Gasteiger partial charge in [-0.15, -0.1) is 11.3 Å². The molecule has 0 aliphatic heterocycles. The number of benzene rings is 1. The van der Waals surface area contributed by atoms with E-state index in [-0.39, 0.29) is 11.8 Å². The van der Waals surface area contributed by atoms with Crippen LogP contribution >= 0.6 is 11.3 Å². The first-order chi connectivity index (χ1) is 14.0. The third-order valence-corrected chi connectivity index (χ3v) is 5.27. The van der Waals surface area contributed by atoms with Crippen LogP contribution in [-0.4, -0.2) is 35.9 Å². The van der Waals surface area contributed by atoms with Crippen molar-refractivity contribution >= 4 is 28.8 Å². The molecule has 1 N–H and O–H groups in total. The molecule has 0 radical (unpaired) electrons. The van der Waals surface area contributed by atoms with E-state index in [0.29, 0.717) is 24.5 Å². The van der Waals surface area contributed by atoms with Gasteiger partial charge >= 0.3 is 0 Å². The highest BCUT2D eigenvalue weighted by molar-refractivity contribution is 7.13. The Bertz CT molecular complexity index is 984. The number of carbonyl (C=O) groups excluding carboxylic acids is 2. The summed E-state index contributed by atoms with van der Waals surface area (Å²) in [5.41, 5.74) is 2.96. The topological polar surface area (TPSA) is 84.4 Å². The zero-order valence-electron chi connectivity index (χ0n) is 16.5. The molecule has 0 aliphatic carbocycles. The molecule has 1 aromatic carbocycles. The van der Waals surface area contributed by atoms with Crippen LogP contribution in [0.2, 0.25) is 0 Å². The first-order valence-electron chi connectivity index (χ1n) is 9.11. The van der Waals surface area contributed by atoms with E-state index in [1.807, 2.05) is 37.3 Å². The van der Waals surface area contributed by atoms with Crippen LogP contribution in [0.25, 0.3) is 10.6 Å². The number of anilines is 1. The molecule has 0 aliphatic rings. The zero-order chi connectivity index (χ0) is 20.8. The second-order valence-electron chi connectivity index (χ2n) is 6.28. The molecule has 0 fully saturated rings. The van der Waals surface area contributed by atoms with E-state index in [1.54, 1.807) is 36.7 Å². The predicted octanol–water partition coefficient (Wildman–Crippen LogP) is 3.52. The normalized spacial score (nSPS) is 10.4. The molecule has 0 saturated heterocycles. The summed E-state index contributed by atoms with van der Waals surface area (Å²) < 4.78 is 5.02. The van der Waals surface area contributed by atoms with Gasteiger partial charge in [-0.3, -0.25) is 9.59 Å². The fourth-order valence-corrected chi connectivity index (χ4v) is 3.43. The zero-order valence-corrected chi connectivity index (χ0v) is 17.3. The van der Waals surface area contributed by atoms with E-state index in [0.717, 1.165) is 21.8 Å². The van der Waals surface area contributed by atoms with Crippen LogP contribution in [0.15, 0.2) is 48.0 Å². The van der Waals surface area contributed by atoms with E-state index in [9.17, 15) is 9.59 Å². The average Bonchev–Trinajstić information content (AvgIpc) is 3.27. The van der Waals surface area contributed by atoms with Crippen molar-refractivity contribution in [3.63, 3.8) is 0 Å². The molecule has 0 unspecified atom stereocenters. The minimum absolute atomic E-state index is 0.0537. The van der Waals surface area contributed by atoms with Crippen molar-refractivity contribution < 1.29 is 14.3 Å². The Morgan fingerprint density at radius 3 is 2.55 bits per heavy atom. The lowest BCUT2D eigenvalue weighted by molar-refractivity contribution is -0.118. The number of nitrogens with one attached hydrogen (secondary N) is 1. The maximum atomic E-state index is 12.4. The van der Waals surface area contributed by atoms with Gasteiger partial charge < -0.3 is 15.0 Å². The summed E-state index contributed by atoms with van der Waals surface area (Å²) in [6.07, 6.45) is 2.11. The number of methoxy groups -OCH3 is 1. The molecule has 0 bridgehead atoms. The molecule has 3 aromatic rings. The molecule has 7 nitrogen and oxygen atoms in total. The van der Waals surface area contributed by atoms with Gasteiger partial charge in [-0.2, -0.15) is 0 Å². The number of hydrogen-bond donors (Lipinski definition) is 1. The summed E-state index contributed by atoms with van der Waals surface area (Å²) in [7, 11) is 3.31. The van der Waals surface area contributed by atoms with Gasteiger partial charge in [0.15, 0.2) is 0 Å². The van der Waals surface area contributed by atoms with Gasteiger partial charge in [0.2, 0.25) is 11.8 Å². The number of pyridine rings is 1. The Labute approximate surface area is 173 Å². The lowest BCUT2D eigenvalue weighted by atomic mass is 10.2. The largest absolute Gasteiger partial charge is 0.481 e. The number of hydrogen-bond acceptors (Lipinski definition) is 6. The molecule has 0 spiro atoms. The highest BCUT2D eigenvalue weighted by Crippen LogP contribution is 2.26. The predicted molar refractivity (Wildman–Crippen MR) is 113 cm³/mol. The van der Waals surface area contributed by atoms with Gasteiger partial charge in [-0.1, -0.05) is 13.0 Å². The number of aromatic nitrogens is 2. The van der Waals surface area contributed by atoms with Crippen molar-refractivity contribution in [1.82, 2.24) is 15.3 Å². The molecular weight excluding hydrogens is 388 g/mol. The van der Waals surface area contributed by atoms with E-state index >= 15 is 0 Å². The first kappa shape index (κ1) is 20.5. The van der Waals surface area contributed by atoms with Gasteiger partial charge in [0.25, 0.3) is 5.91 Å². The SMILES string of the molecule is CCC(=O)N(C)c1ccc(-c2nc(C(=O)NCc3ccc(OC)nc3)cs2)cc1. The number of ether oxygens (including phenoxy) is 1. The van der Waals surface area contributed by atoms with Crippen LogP contribution in [0.4, 0.5) is 5.69 Å². The summed E-state index contributed by atoms with van der Waals surface area (Å²) in [5, 5.41) is 5.32. The summed E-state index contributed by atoms with van der Waals surface area (Å²) in [6.45, 7) is 2.19. The standard InChI is InChI=1S/C21H22N4O3S/c1-4-19(26)25(2)16-8-6-15(7-9-16)21-24-17(13-29-21)20(27)23-12-14-5-10-18(28-3)22-11-14/h5-11,13H,4,12H2,1-3H3,(H,23,27). The number of carbonyl (C=O) groups is 2. The Hall–Kier alpha value is -3.26. The van der Waals surface area contributed by atoms with E-state index in [1.165, 1.54) is 11.3 Å². The van der Waals surface area contributed by atoms with Crippen molar-refractivity contribution in [2.45, 2.75) is 19.9 Å². The van der Waals surface area contributed by atoms with Gasteiger partial charge in [0.1, 0.15) is 10.7 Å². The Balaban J connectivity index is 1.63. The van der Waals surface area contributed by atoms with Crippen LogP contribution in [0, 0.1) is 0 Å². The van der Waals surface area contributed by atoms with Gasteiger partial charge in [-0.25, -0.2) is 9.97 Å². The molecule has 2 aromatic heterocycles. The smallest absolute Gasteiger partial charge is 0.271 e. The second-order valence-corrected chi connectivity index (χ2v) is 7.14. The summed E-state index contributed by atoms with van der Waals surface area (Å²) in [6, 6.07) is 11.1. The lowest BCUT2D eigenvalue weighted by Crippen LogP contribution is -2.24. The van der Waals surface area contributed by atoms with Crippen molar-refractivity contribution in [2.75, 3.05) is 19.1 Å². The average molecular weight is 410 g/mol. The van der Waals surface area contributed by atoms with Crippen molar-refractivity contribution in [3.05, 3.63) is 59.2 Å². The number of amides is 2. The van der Waals surface area contributed by atoms with Gasteiger partial charge in [0, 0.05) is 48.9 Å². The molecule has 0 atom stereocenters. The van der Waals surface area contributed by atoms with Gasteiger partial charge in [0.05, 0.1) is 7.11 Å². The molecule has 8 heteroatoms. The van der Waals surface area contributed by atoms with Crippen molar-refractivity contribution in [3.8, 4) is 16.5 Å². The highest BCUT2D eigenvalue weighted by Gasteiger charge is 2.13. The monoisotopic (exact) mass is 410 g/mol. The lowest BCUT2D eigenvalue weighted by Gasteiger charge is -2.16. The van der Waals surface area contributed by atoms with Crippen molar-refractivity contribution in [1.29, 1.82) is 0 Å². The van der Waals surface area contributed by atoms with Gasteiger partial charge in [-0.05, 0) is 29.8 Å². The Morgan fingerprint density at radius 2 is 1.93 bits per heavy atom. The fraction of sp³-hybridized carbons (Fsp3) is 0.238. The van der Waals surface area contributed by atoms with E-state index in [2.05, 4.69) is 15.3 Å². The summed E-state index contributed by atoms with van der Waals surface area (Å²) in [5.74, 6) is 0.340. The Kier molecular flexibility index (Phi) is 6.56. The second kappa shape index (κ2) is 9.29. The molecular formula is C21H22N4O3S. The fourth-order valence-electron chi connectivity index (χ4n) is 2.63. The van der Waals surface area contributed by atoms with Crippen LogP contribution < -0.4 is 15.0 Å². The molecule has 150 valence electrons. The van der Waals surface area contributed by atoms with Crippen LogP contribution in [0.5, 0.6) is 5.88 Å². The number of nitrogens with zero attached hydrogens (tertiary/aromatic N) is 3. The van der Waals surface area contributed by atoms with Crippen molar-refractivity contribution in [2.24, 2.45) is 0 Å². The van der Waals surface area contributed by atoms with E-state index < -0.39 is 0 Å². The number of rotatable bonds is 7. The van der Waals surface area contributed by atoms with Crippen LogP contribution in [0.1, 0.15) is 29.4 Å². The number of thiazole rings is 1. The molecule has 29 heavy (non-hydrogen) atoms. The molecule has 2 heterocycles. The minimum Gasteiger partial charge on any atom is -0.481 e. The molecule has 0 saturated carbocycles. The highest BCUT2D eigenvalue weighted by atomic mass is 32.1. The maximum Gasteiger partial charge on any atom is 0.271 e. The maximum absolute atomic E-state index is 12.4. The van der Waals surface area contributed by atoms with Crippen LogP contribution in [-0.2, 0) is 11.3 Å². The van der Waals surface area contributed by atoms with E-state index in [4.69, 9.17) is 4.74 Å². The quantitative estimate of drug-likeness (QED) is 0.644. The third kappa shape index (κ3) is 4.97. The Morgan fingerprint density at radius 1 is 1.17 bits per heavy atom. The summed E-state index contributed by atoms with van der Waals surface area (Å²) >= 11 is 1.40. The molecule has 3 rings (SSSR count). The molecule has 2 amide bonds. The minimum atomic E-state index is -0.242. The summed E-state index contributed by atoms with van der Waals surface area (Å²) in [4.78, 5) is 34.4.